The summed E-state index contributed by atoms with van der Waals surface area (Å²) >= 11 is 0. The molecular weight excluding hydrogens is 276 g/mol. The molecule has 0 aliphatic carbocycles. The van der Waals surface area contributed by atoms with Gasteiger partial charge in [0.15, 0.2) is 0 Å². The van der Waals surface area contributed by atoms with Crippen LogP contribution in [0.1, 0.15) is 28.4 Å². The monoisotopic (exact) mass is 298 g/mol. The Bertz CT molecular complexity index is 626. The van der Waals surface area contributed by atoms with E-state index in [2.05, 4.69) is 4.98 Å². The summed E-state index contributed by atoms with van der Waals surface area (Å²) < 4.78 is 5.51. The zero-order chi connectivity index (χ0) is 15.9. The number of amides is 1. The Morgan fingerprint density at radius 1 is 1.23 bits per heavy atom. The second-order valence-corrected chi connectivity index (χ2v) is 5.25. The summed E-state index contributed by atoms with van der Waals surface area (Å²) in [6.45, 7) is 5.21. The predicted octanol–water partition coefficient (Wildman–Crippen LogP) is 3.10. The largest absolute Gasteiger partial charge is 0.494 e. The van der Waals surface area contributed by atoms with Crippen LogP contribution in [0.25, 0.3) is 0 Å². The van der Waals surface area contributed by atoms with E-state index in [1.54, 1.807) is 17.3 Å². The molecular formula is C18H22N2O2. The Morgan fingerprint density at radius 3 is 2.59 bits per heavy atom. The third-order valence-corrected chi connectivity index (χ3v) is 3.55. The average Bonchev–Trinajstić information content (AvgIpc) is 2.55. The highest BCUT2D eigenvalue weighted by Crippen LogP contribution is 2.20. The van der Waals surface area contributed by atoms with Crippen LogP contribution in [0.4, 0.5) is 0 Å². The van der Waals surface area contributed by atoms with Gasteiger partial charge in [-0.05, 0) is 61.7 Å². The number of aromatic nitrogens is 1. The highest BCUT2D eigenvalue weighted by molar-refractivity contribution is 5.94. The van der Waals surface area contributed by atoms with Crippen molar-refractivity contribution >= 4 is 5.91 Å². The highest BCUT2D eigenvalue weighted by atomic mass is 16.5. The number of aryl methyl sites for hydroxylation is 1. The molecule has 1 amide bonds. The first kappa shape index (κ1) is 16.0. The maximum absolute atomic E-state index is 12.5. The zero-order valence-corrected chi connectivity index (χ0v) is 13.4. The van der Waals surface area contributed by atoms with Crippen LogP contribution in [-0.2, 0) is 6.42 Å². The van der Waals surface area contributed by atoms with Gasteiger partial charge in [-0.2, -0.15) is 0 Å². The number of rotatable bonds is 6. The number of carbonyl (C=O) groups is 1. The van der Waals surface area contributed by atoms with Gasteiger partial charge in [-0.3, -0.25) is 9.78 Å². The number of ether oxygens (including phenoxy) is 1. The molecule has 0 spiro atoms. The minimum absolute atomic E-state index is 0.0280. The Labute approximate surface area is 131 Å². The molecule has 2 rings (SSSR count). The van der Waals surface area contributed by atoms with Crippen molar-refractivity contribution in [1.29, 1.82) is 0 Å². The van der Waals surface area contributed by atoms with E-state index in [1.165, 1.54) is 5.56 Å². The second kappa shape index (κ2) is 7.59. The quantitative estimate of drug-likeness (QED) is 0.823. The van der Waals surface area contributed by atoms with E-state index in [4.69, 9.17) is 4.74 Å². The first-order valence-corrected chi connectivity index (χ1v) is 7.49. The number of pyridine rings is 1. The molecule has 22 heavy (non-hydrogen) atoms. The molecule has 2 aromatic rings. The van der Waals surface area contributed by atoms with E-state index >= 15 is 0 Å². The van der Waals surface area contributed by atoms with Crippen LogP contribution >= 0.6 is 0 Å². The molecule has 0 aliphatic rings. The van der Waals surface area contributed by atoms with Crippen molar-refractivity contribution in [3.8, 4) is 5.75 Å². The van der Waals surface area contributed by atoms with Crippen molar-refractivity contribution in [3.63, 3.8) is 0 Å². The lowest BCUT2D eigenvalue weighted by Gasteiger charge is -2.18. The second-order valence-electron chi connectivity index (χ2n) is 5.25. The van der Waals surface area contributed by atoms with Crippen LogP contribution in [0.3, 0.4) is 0 Å². The number of benzene rings is 1. The molecule has 0 N–H and O–H groups in total. The lowest BCUT2D eigenvalue weighted by atomic mass is 10.1. The predicted molar refractivity (Wildman–Crippen MR) is 87.2 cm³/mol. The van der Waals surface area contributed by atoms with Gasteiger partial charge in [-0.1, -0.05) is 0 Å². The van der Waals surface area contributed by atoms with Gasteiger partial charge in [0, 0.05) is 31.5 Å². The Morgan fingerprint density at radius 2 is 1.95 bits per heavy atom. The fraction of sp³-hybridized carbons (Fsp3) is 0.333. The molecule has 0 unspecified atom stereocenters. The third kappa shape index (κ3) is 4.07. The number of nitrogens with zero attached hydrogens (tertiary/aromatic N) is 2. The molecule has 1 heterocycles. The molecule has 4 heteroatoms. The van der Waals surface area contributed by atoms with Gasteiger partial charge in [0.05, 0.1) is 6.61 Å². The van der Waals surface area contributed by atoms with Crippen LogP contribution < -0.4 is 4.74 Å². The smallest absolute Gasteiger partial charge is 0.253 e. The Hall–Kier alpha value is -2.36. The van der Waals surface area contributed by atoms with Crippen molar-refractivity contribution in [1.82, 2.24) is 9.88 Å². The van der Waals surface area contributed by atoms with Gasteiger partial charge in [-0.15, -0.1) is 0 Å². The molecule has 1 aromatic heterocycles. The average molecular weight is 298 g/mol. The Balaban J connectivity index is 1.99. The minimum Gasteiger partial charge on any atom is -0.494 e. The normalized spacial score (nSPS) is 10.3. The summed E-state index contributed by atoms with van der Waals surface area (Å²) in [5.41, 5.74) is 2.85. The third-order valence-electron chi connectivity index (χ3n) is 3.55. The van der Waals surface area contributed by atoms with Gasteiger partial charge in [0.25, 0.3) is 5.91 Å². The van der Waals surface area contributed by atoms with Crippen LogP contribution in [0.15, 0.2) is 42.7 Å². The fourth-order valence-corrected chi connectivity index (χ4v) is 2.27. The summed E-state index contributed by atoms with van der Waals surface area (Å²) in [5.74, 6) is 0.860. The summed E-state index contributed by atoms with van der Waals surface area (Å²) in [4.78, 5) is 18.2. The van der Waals surface area contributed by atoms with E-state index in [9.17, 15) is 4.79 Å². The summed E-state index contributed by atoms with van der Waals surface area (Å²) in [6, 6.07) is 9.51. The van der Waals surface area contributed by atoms with E-state index in [-0.39, 0.29) is 5.91 Å². The zero-order valence-electron chi connectivity index (χ0n) is 13.4. The van der Waals surface area contributed by atoms with Gasteiger partial charge < -0.3 is 9.64 Å². The SMILES string of the molecule is CCOc1ccc(C(=O)N(C)CCc2ccncc2)cc1C. The van der Waals surface area contributed by atoms with E-state index < -0.39 is 0 Å². The summed E-state index contributed by atoms with van der Waals surface area (Å²) in [7, 11) is 1.83. The van der Waals surface area contributed by atoms with Crippen LogP contribution in [0, 0.1) is 6.92 Å². The van der Waals surface area contributed by atoms with Crippen molar-refractivity contribution in [3.05, 3.63) is 59.4 Å². The molecule has 0 saturated heterocycles. The molecule has 0 atom stereocenters. The van der Waals surface area contributed by atoms with Crippen LogP contribution in [0.5, 0.6) is 5.75 Å². The maximum Gasteiger partial charge on any atom is 0.253 e. The lowest BCUT2D eigenvalue weighted by Crippen LogP contribution is -2.28. The van der Waals surface area contributed by atoms with E-state index in [0.717, 1.165) is 17.7 Å². The molecule has 0 saturated carbocycles. The van der Waals surface area contributed by atoms with Crippen LogP contribution in [0.2, 0.25) is 0 Å². The van der Waals surface area contributed by atoms with Crippen molar-refractivity contribution in [2.45, 2.75) is 20.3 Å². The number of carbonyl (C=O) groups excluding carboxylic acids is 1. The topological polar surface area (TPSA) is 42.4 Å². The molecule has 0 aliphatic heterocycles. The molecule has 4 nitrogen and oxygen atoms in total. The lowest BCUT2D eigenvalue weighted by molar-refractivity contribution is 0.0796. The fourth-order valence-electron chi connectivity index (χ4n) is 2.27. The first-order valence-electron chi connectivity index (χ1n) is 7.49. The van der Waals surface area contributed by atoms with Crippen LogP contribution in [-0.4, -0.2) is 36.0 Å². The molecule has 1 aromatic carbocycles. The van der Waals surface area contributed by atoms with Gasteiger partial charge in [0.2, 0.25) is 0 Å². The van der Waals surface area contributed by atoms with Gasteiger partial charge in [0.1, 0.15) is 5.75 Å². The van der Waals surface area contributed by atoms with E-state index in [1.807, 2.05) is 51.2 Å². The summed E-state index contributed by atoms with van der Waals surface area (Å²) in [6.07, 6.45) is 4.36. The Kier molecular flexibility index (Phi) is 5.53. The first-order chi connectivity index (χ1) is 10.6. The standard InChI is InChI=1S/C18H22N2O2/c1-4-22-17-6-5-16(13-14(17)2)18(21)20(3)12-9-15-7-10-19-11-8-15/h5-8,10-11,13H,4,9,12H2,1-3H3. The number of hydrogen-bond donors (Lipinski definition) is 0. The van der Waals surface area contributed by atoms with Crippen molar-refractivity contribution in [2.24, 2.45) is 0 Å². The van der Waals surface area contributed by atoms with Gasteiger partial charge in [-0.25, -0.2) is 0 Å². The molecule has 0 radical (unpaired) electrons. The number of hydrogen-bond acceptors (Lipinski definition) is 3. The highest BCUT2D eigenvalue weighted by Gasteiger charge is 2.13. The van der Waals surface area contributed by atoms with Crippen molar-refractivity contribution in [2.75, 3.05) is 20.2 Å². The van der Waals surface area contributed by atoms with E-state index in [0.29, 0.717) is 18.7 Å². The van der Waals surface area contributed by atoms with Crippen molar-refractivity contribution < 1.29 is 9.53 Å². The minimum atomic E-state index is 0.0280. The summed E-state index contributed by atoms with van der Waals surface area (Å²) in [5, 5.41) is 0. The molecule has 0 fully saturated rings. The molecule has 116 valence electrons. The van der Waals surface area contributed by atoms with Gasteiger partial charge >= 0.3 is 0 Å². The number of likely N-dealkylation sites (N-methyl/N-ethyl adjacent to an activating group) is 1. The maximum atomic E-state index is 12.5. The molecule has 0 bridgehead atoms.